The summed E-state index contributed by atoms with van der Waals surface area (Å²) in [4.78, 5) is 0. The molecule has 1 N–H and O–H groups in total. The fourth-order valence-electron chi connectivity index (χ4n) is 2.66. The lowest BCUT2D eigenvalue weighted by molar-refractivity contribution is 0.287. The Balaban J connectivity index is 1.98. The lowest BCUT2D eigenvalue weighted by atomic mass is 9.99. The van der Waals surface area contributed by atoms with E-state index in [2.05, 4.69) is 44.3 Å². The predicted molar refractivity (Wildman–Crippen MR) is 88.9 cm³/mol. The largest absolute Gasteiger partial charge is 0.494 e. The number of nitrogens with one attached hydrogen (secondary N) is 1. The number of aryl methyl sites for hydroxylation is 2. The molecule has 0 aliphatic carbocycles. The van der Waals surface area contributed by atoms with Gasteiger partial charge in [-0.05, 0) is 38.1 Å². The van der Waals surface area contributed by atoms with Crippen molar-refractivity contribution in [3.05, 3.63) is 65.2 Å². The zero-order valence-electron chi connectivity index (χ0n) is 13.2. The van der Waals surface area contributed by atoms with E-state index in [0.717, 1.165) is 18.7 Å². The first-order valence-electron chi connectivity index (χ1n) is 7.68. The van der Waals surface area contributed by atoms with Gasteiger partial charge in [0.15, 0.2) is 0 Å². The van der Waals surface area contributed by atoms with E-state index >= 15 is 0 Å². The van der Waals surface area contributed by atoms with E-state index in [1.54, 1.807) is 0 Å². The van der Waals surface area contributed by atoms with Crippen LogP contribution in [0.4, 0.5) is 0 Å². The molecule has 2 aromatic rings. The summed E-state index contributed by atoms with van der Waals surface area (Å²) in [6, 6.07) is 17.1. The van der Waals surface area contributed by atoms with Crippen LogP contribution in [0, 0.1) is 13.8 Å². The molecule has 0 heterocycles. The van der Waals surface area contributed by atoms with Crippen LogP contribution in [0.3, 0.4) is 0 Å². The molecule has 1 atom stereocenters. The van der Waals surface area contributed by atoms with Crippen LogP contribution in [-0.2, 0) is 0 Å². The summed E-state index contributed by atoms with van der Waals surface area (Å²) >= 11 is 0. The summed E-state index contributed by atoms with van der Waals surface area (Å²) in [5.74, 6) is 0.938. The predicted octanol–water partition coefficient (Wildman–Crippen LogP) is 4.42. The van der Waals surface area contributed by atoms with Gasteiger partial charge in [0.05, 0.1) is 6.61 Å². The fourth-order valence-corrected chi connectivity index (χ4v) is 2.66. The Morgan fingerprint density at radius 1 is 1.00 bits per heavy atom. The minimum atomic E-state index is 0.345. The highest BCUT2D eigenvalue weighted by molar-refractivity contribution is 5.30. The van der Waals surface area contributed by atoms with E-state index < -0.39 is 0 Å². The first-order valence-corrected chi connectivity index (χ1v) is 7.68. The third-order valence-corrected chi connectivity index (χ3v) is 3.52. The Bertz CT molecular complexity index is 530. The zero-order chi connectivity index (χ0) is 15.1. The number of benzene rings is 2. The second-order valence-electron chi connectivity index (χ2n) is 5.48. The van der Waals surface area contributed by atoms with Gasteiger partial charge in [0.2, 0.25) is 0 Å². The molecule has 0 radical (unpaired) electrons. The molecule has 2 nitrogen and oxygen atoms in total. The minimum absolute atomic E-state index is 0.345. The van der Waals surface area contributed by atoms with Crippen LogP contribution in [0.1, 0.15) is 36.1 Å². The van der Waals surface area contributed by atoms with Gasteiger partial charge in [-0.2, -0.15) is 0 Å². The highest BCUT2D eigenvalue weighted by Crippen LogP contribution is 2.20. The lowest BCUT2D eigenvalue weighted by Gasteiger charge is -2.20. The van der Waals surface area contributed by atoms with Crippen molar-refractivity contribution in [2.45, 2.75) is 33.2 Å². The van der Waals surface area contributed by atoms with Gasteiger partial charge >= 0.3 is 0 Å². The molecule has 2 aromatic carbocycles. The van der Waals surface area contributed by atoms with Crippen molar-refractivity contribution in [1.29, 1.82) is 0 Å². The van der Waals surface area contributed by atoms with Gasteiger partial charge in [0, 0.05) is 12.5 Å². The van der Waals surface area contributed by atoms with E-state index in [-0.39, 0.29) is 0 Å². The minimum Gasteiger partial charge on any atom is -0.494 e. The molecular formula is C19H25NO. The van der Waals surface area contributed by atoms with Crippen molar-refractivity contribution in [3.63, 3.8) is 0 Å². The molecule has 21 heavy (non-hydrogen) atoms. The molecule has 0 saturated heterocycles. The fraction of sp³-hybridized carbons (Fsp3) is 0.368. The molecule has 0 spiro atoms. The van der Waals surface area contributed by atoms with Gasteiger partial charge in [-0.25, -0.2) is 0 Å². The van der Waals surface area contributed by atoms with Gasteiger partial charge in [0.1, 0.15) is 5.75 Å². The molecule has 0 amide bonds. The van der Waals surface area contributed by atoms with Crippen molar-refractivity contribution >= 4 is 0 Å². The van der Waals surface area contributed by atoms with Crippen LogP contribution in [-0.4, -0.2) is 13.2 Å². The Morgan fingerprint density at radius 3 is 2.29 bits per heavy atom. The van der Waals surface area contributed by atoms with Crippen molar-refractivity contribution in [2.24, 2.45) is 0 Å². The summed E-state index contributed by atoms with van der Waals surface area (Å²) in [7, 11) is 0. The van der Waals surface area contributed by atoms with Crippen LogP contribution in [0.2, 0.25) is 0 Å². The Hall–Kier alpha value is -1.80. The van der Waals surface area contributed by atoms with Crippen molar-refractivity contribution in [2.75, 3.05) is 13.2 Å². The van der Waals surface area contributed by atoms with E-state index in [9.17, 15) is 0 Å². The molecule has 0 aliphatic heterocycles. The third-order valence-electron chi connectivity index (χ3n) is 3.52. The van der Waals surface area contributed by atoms with Crippen LogP contribution >= 0.6 is 0 Å². The number of rotatable bonds is 7. The number of ether oxygens (including phenoxy) is 1. The number of para-hydroxylation sites is 1. The summed E-state index contributed by atoms with van der Waals surface area (Å²) in [5.41, 5.74) is 3.99. The quantitative estimate of drug-likeness (QED) is 0.812. The summed E-state index contributed by atoms with van der Waals surface area (Å²) < 4.78 is 5.82. The standard InChI is InChI=1S/C19H25NO/c1-4-20-19(17-13-15(2)12-16(3)14-17)10-11-21-18-8-6-5-7-9-18/h5-9,12-14,19-20H,4,10-11H2,1-3H3. The highest BCUT2D eigenvalue weighted by Gasteiger charge is 2.11. The molecule has 1 unspecified atom stereocenters. The van der Waals surface area contributed by atoms with Crippen molar-refractivity contribution in [1.82, 2.24) is 5.32 Å². The Kier molecular flexibility index (Phi) is 5.82. The average molecular weight is 283 g/mol. The number of hydrogen-bond donors (Lipinski definition) is 1. The zero-order valence-corrected chi connectivity index (χ0v) is 13.2. The average Bonchev–Trinajstić information content (AvgIpc) is 2.46. The van der Waals surface area contributed by atoms with Gasteiger partial charge < -0.3 is 10.1 Å². The molecule has 0 aromatic heterocycles. The molecule has 0 bridgehead atoms. The van der Waals surface area contributed by atoms with Crippen molar-refractivity contribution in [3.8, 4) is 5.75 Å². The van der Waals surface area contributed by atoms with Crippen molar-refractivity contribution < 1.29 is 4.74 Å². The second-order valence-corrected chi connectivity index (χ2v) is 5.48. The van der Waals surface area contributed by atoms with Gasteiger partial charge in [-0.15, -0.1) is 0 Å². The highest BCUT2D eigenvalue weighted by atomic mass is 16.5. The lowest BCUT2D eigenvalue weighted by Crippen LogP contribution is -2.23. The topological polar surface area (TPSA) is 21.3 Å². The maximum Gasteiger partial charge on any atom is 0.119 e. The SMILES string of the molecule is CCNC(CCOc1ccccc1)c1cc(C)cc(C)c1. The molecular weight excluding hydrogens is 258 g/mol. The van der Waals surface area contributed by atoms with Gasteiger partial charge in [0.25, 0.3) is 0 Å². The van der Waals surface area contributed by atoms with E-state index in [0.29, 0.717) is 12.6 Å². The maximum atomic E-state index is 5.82. The Morgan fingerprint density at radius 2 is 1.67 bits per heavy atom. The van der Waals surface area contributed by atoms with Crippen LogP contribution in [0.5, 0.6) is 5.75 Å². The van der Waals surface area contributed by atoms with E-state index in [1.165, 1.54) is 16.7 Å². The first kappa shape index (κ1) is 15.6. The third kappa shape index (κ3) is 4.91. The molecule has 0 aliphatic rings. The summed E-state index contributed by atoms with van der Waals surface area (Å²) in [6.07, 6.45) is 0.964. The molecule has 112 valence electrons. The van der Waals surface area contributed by atoms with E-state index in [4.69, 9.17) is 4.74 Å². The summed E-state index contributed by atoms with van der Waals surface area (Å²) in [6.45, 7) is 8.13. The first-order chi connectivity index (χ1) is 10.2. The maximum absolute atomic E-state index is 5.82. The van der Waals surface area contributed by atoms with Gasteiger partial charge in [-0.3, -0.25) is 0 Å². The molecule has 0 fully saturated rings. The molecule has 2 heteroatoms. The monoisotopic (exact) mass is 283 g/mol. The number of hydrogen-bond acceptors (Lipinski definition) is 2. The van der Waals surface area contributed by atoms with Gasteiger partial charge in [-0.1, -0.05) is 54.4 Å². The smallest absolute Gasteiger partial charge is 0.119 e. The molecule has 0 saturated carbocycles. The van der Waals surface area contributed by atoms with Crippen LogP contribution < -0.4 is 10.1 Å². The van der Waals surface area contributed by atoms with Crippen LogP contribution in [0.25, 0.3) is 0 Å². The second kappa shape index (κ2) is 7.84. The molecule has 2 rings (SSSR count). The summed E-state index contributed by atoms with van der Waals surface area (Å²) in [5, 5.41) is 3.56. The van der Waals surface area contributed by atoms with E-state index in [1.807, 2.05) is 30.3 Å². The normalized spacial score (nSPS) is 12.1. The van der Waals surface area contributed by atoms with Crippen LogP contribution in [0.15, 0.2) is 48.5 Å². The Labute approximate surface area is 128 Å².